The van der Waals surface area contributed by atoms with Gasteiger partial charge in [0.15, 0.2) is 0 Å². The first-order valence-electron chi connectivity index (χ1n) is 3.82. The van der Waals surface area contributed by atoms with Gasteiger partial charge in [-0.1, -0.05) is 0 Å². The topological polar surface area (TPSA) is 45.8 Å². The van der Waals surface area contributed by atoms with Crippen molar-refractivity contribution in [2.75, 3.05) is 0 Å². The van der Waals surface area contributed by atoms with Gasteiger partial charge in [0.2, 0.25) is 0 Å². The molecule has 1 aromatic rings. The summed E-state index contributed by atoms with van der Waals surface area (Å²) in [5, 5.41) is 8.57. The molecule has 0 atom stereocenters. The van der Waals surface area contributed by atoms with Gasteiger partial charge in [0.1, 0.15) is 6.07 Å². The highest BCUT2D eigenvalue weighted by Crippen LogP contribution is 1.93. The molecule has 0 bridgehead atoms. The maximum atomic E-state index is 11.2. The van der Waals surface area contributed by atoms with Gasteiger partial charge in [0, 0.05) is 25.2 Å². The number of hydrogen-bond acceptors (Lipinski definition) is 2. The van der Waals surface area contributed by atoms with Crippen LogP contribution in [0.15, 0.2) is 23.1 Å². The first kappa shape index (κ1) is 9.09. The van der Waals surface area contributed by atoms with E-state index in [1.807, 2.05) is 6.07 Å². The fourth-order valence-corrected chi connectivity index (χ4v) is 0.957. The molecule has 0 saturated carbocycles. The third kappa shape index (κ3) is 2.21. The summed E-state index contributed by atoms with van der Waals surface area (Å²) in [7, 11) is 0. The Bertz CT molecular complexity index is 431. The molecule has 0 aliphatic carbocycles. The molecule has 0 saturated heterocycles. The fourth-order valence-electron chi connectivity index (χ4n) is 0.957. The van der Waals surface area contributed by atoms with Gasteiger partial charge >= 0.3 is 0 Å². The van der Waals surface area contributed by atoms with E-state index in [2.05, 4.69) is 5.92 Å². The summed E-state index contributed by atoms with van der Waals surface area (Å²) in [6.45, 7) is 0.463. The second-order valence-corrected chi connectivity index (χ2v) is 2.52. The van der Waals surface area contributed by atoms with Gasteiger partial charge < -0.3 is 4.57 Å². The van der Waals surface area contributed by atoms with Gasteiger partial charge in [-0.2, -0.15) is 5.26 Å². The summed E-state index contributed by atoms with van der Waals surface area (Å²) in [6, 6.07) is 4.82. The highest BCUT2D eigenvalue weighted by molar-refractivity contribution is 5.24. The van der Waals surface area contributed by atoms with Crippen LogP contribution < -0.4 is 5.56 Å². The van der Waals surface area contributed by atoms with Crippen LogP contribution in [0.5, 0.6) is 0 Å². The number of hydrogen-bond donors (Lipinski definition) is 0. The van der Waals surface area contributed by atoms with Crippen LogP contribution >= 0.6 is 0 Å². The lowest BCUT2D eigenvalue weighted by Gasteiger charge is -2.01. The van der Waals surface area contributed by atoms with Gasteiger partial charge in [-0.15, -0.1) is 12.3 Å². The highest BCUT2D eigenvalue weighted by atomic mass is 16.1. The standard InChI is InChI=1S/C10H8N2O/c1-2-3-6-12-8-9(7-11)4-5-10(12)13/h1,4-5,8H,3,6H2. The Balaban J connectivity index is 3.01. The number of rotatable bonds is 2. The second-order valence-electron chi connectivity index (χ2n) is 2.52. The van der Waals surface area contributed by atoms with Crippen molar-refractivity contribution in [3.05, 3.63) is 34.2 Å². The first-order valence-corrected chi connectivity index (χ1v) is 3.82. The van der Waals surface area contributed by atoms with E-state index in [9.17, 15) is 4.79 Å². The minimum atomic E-state index is -0.130. The van der Waals surface area contributed by atoms with Crippen molar-refractivity contribution in [3.8, 4) is 18.4 Å². The molecular weight excluding hydrogens is 164 g/mol. The molecule has 13 heavy (non-hydrogen) atoms. The highest BCUT2D eigenvalue weighted by Gasteiger charge is 1.96. The Labute approximate surface area is 76.2 Å². The Hall–Kier alpha value is -2.00. The normalized spacial score (nSPS) is 8.77. The SMILES string of the molecule is C#CCCn1cc(C#N)ccc1=O. The third-order valence-electron chi connectivity index (χ3n) is 1.61. The first-order chi connectivity index (χ1) is 6.27. The lowest BCUT2D eigenvalue weighted by Crippen LogP contribution is -2.18. The van der Waals surface area contributed by atoms with E-state index < -0.39 is 0 Å². The summed E-state index contributed by atoms with van der Waals surface area (Å²) in [5.74, 6) is 2.44. The number of aryl methyl sites for hydroxylation is 1. The lowest BCUT2D eigenvalue weighted by atomic mass is 10.3. The number of aromatic nitrogens is 1. The maximum Gasteiger partial charge on any atom is 0.250 e. The Morgan fingerprint density at radius 1 is 1.54 bits per heavy atom. The van der Waals surface area contributed by atoms with Crippen LogP contribution in [0.3, 0.4) is 0 Å². The zero-order valence-corrected chi connectivity index (χ0v) is 7.03. The van der Waals surface area contributed by atoms with Crippen molar-refractivity contribution in [3.63, 3.8) is 0 Å². The van der Waals surface area contributed by atoms with Crippen LogP contribution in [0.25, 0.3) is 0 Å². The molecule has 3 nitrogen and oxygen atoms in total. The van der Waals surface area contributed by atoms with Crippen LogP contribution in [0, 0.1) is 23.7 Å². The van der Waals surface area contributed by atoms with E-state index in [1.54, 1.807) is 0 Å². The fraction of sp³-hybridized carbons (Fsp3) is 0.200. The van der Waals surface area contributed by atoms with Gasteiger partial charge in [0.25, 0.3) is 5.56 Å². The van der Waals surface area contributed by atoms with E-state index in [0.29, 0.717) is 18.5 Å². The molecule has 0 N–H and O–H groups in total. The molecule has 0 spiro atoms. The zero-order valence-electron chi connectivity index (χ0n) is 7.03. The van der Waals surface area contributed by atoms with Crippen molar-refractivity contribution in [1.82, 2.24) is 4.57 Å². The molecule has 1 rings (SSSR count). The van der Waals surface area contributed by atoms with Crippen molar-refractivity contribution in [2.24, 2.45) is 0 Å². The Morgan fingerprint density at radius 2 is 2.31 bits per heavy atom. The maximum absolute atomic E-state index is 11.2. The third-order valence-corrected chi connectivity index (χ3v) is 1.61. The molecule has 3 heteroatoms. The van der Waals surface area contributed by atoms with E-state index in [0.717, 1.165) is 0 Å². The van der Waals surface area contributed by atoms with E-state index >= 15 is 0 Å². The lowest BCUT2D eigenvalue weighted by molar-refractivity contribution is 0.688. The minimum Gasteiger partial charge on any atom is -0.313 e. The summed E-state index contributed by atoms with van der Waals surface area (Å²) < 4.78 is 1.44. The minimum absolute atomic E-state index is 0.130. The van der Waals surface area contributed by atoms with Crippen molar-refractivity contribution in [1.29, 1.82) is 5.26 Å². The van der Waals surface area contributed by atoms with Crippen LogP contribution in [0.2, 0.25) is 0 Å². The Kier molecular flexibility index (Phi) is 2.89. The number of pyridine rings is 1. The Morgan fingerprint density at radius 3 is 2.92 bits per heavy atom. The van der Waals surface area contributed by atoms with Crippen molar-refractivity contribution in [2.45, 2.75) is 13.0 Å². The average Bonchev–Trinajstić information content (AvgIpc) is 2.17. The molecular formula is C10H8N2O. The van der Waals surface area contributed by atoms with Crippen LogP contribution in [-0.4, -0.2) is 4.57 Å². The zero-order chi connectivity index (χ0) is 9.68. The molecule has 0 aliphatic heterocycles. The second kappa shape index (κ2) is 4.13. The average molecular weight is 172 g/mol. The van der Waals surface area contributed by atoms with E-state index in [1.165, 1.54) is 22.9 Å². The molecule has 1 aromatic heterocycles. The van der Waals surface area contributed by atoms with E-state index in [4.69, 9.17) is 11.7 Å². The molecule has 0 aliphatic rings. The van der Waals surface area contributed by atoms with Crippen LogP contribution in [-0.2, 0) is 6.54 Å². The number of nitriles is 1. The summed E-state index contributed by atoms with van der Waals surface area (Å²) in [4.78, 5) is 11.2. The largest absolute Gasteiger partial charge is 0.313 e. The van der Waals surface area contributed by atoms with Gasteiger partial charge in [0.05, 0.1) is 5.56 Å². The molecule has 0 unspecified atom stereocenters. The molecule has 64 valence electrons. The smallest absolute Gasteiger partial charge is 0.250 e. The summed E-state index contributed by atoms with van der Waals surface area (Å²) in [5.41, 5.74) is 0.339. The summed E-state index contributed by atoms with van der Waals surface area (Å²) in [6.07, 6.45) is 7.07. The predicted octanol–water partition coefficient (Wildman–Crippen LogP) is 0.743. The number of terminal acetylenes is 1. The van der Waals surface area contributed by atoms with Crippen molar-refractivity contribution >= 4 is 0 Å². The monoisotopic (exact) mass is 172 g/mol. The quantitative estimate of drug-likeness (QED) is 0.618. The summed E-state index contributed by atoms with van der Waals surface area (Å²) >= 11 is 0. The van der Waals surface area contributed by atoms with Gasteiger partial charge in [-0.05, 0) is 6.07 Å². The molecule has 0 aromatic carbocycles. The number of nitrogens with zero attached hydrogens (tertiary/aromatic N) is 2. The molecule has 1 heterocycles. The van der Waals surface area contributed by atoms with Gasteiger partial charge in [-0.3, -0.25) is 4.79 Å². The predicted molar refractivity (Wildman–Crippen MR) is 48.9 cm³/mol. The van der Waals surface area contributed by atoms with Crippen LogP contribution in [0.4, 0.5) is 0 Å². The van der Waals surface area contributed by atoms with Crippen molar-refractivity contribution < 1.29 is 0 Å². The molecule has 0 fully saturated rings. The molecule has 0 radical (unpaired) electrons. The van der Waals surface area contributed by atoms with Crippen LogP contribution in [0.1, 0.15) is 12.0 Å². The van der Waals surface area contributed by atoms with Gasteiger partial charge in [-0.25, -0.2) is 0 Å². The molecule has 0 amide bonds. The van der Waals surface area contributed by atoms with E-state index in [-0.39, 0.29) is 5.56 Å².